The Morgan fingerprint density at radius 3 is 2.59 bits per heavy atom. The summed E-state index contributed by atoms with van der Waals surface area (Å²) >= 11 is 0. The van der Waals surface area contributed by atoms with Crippen LogP contribution in [0.3, 0.4) is 0 Å². The fraction of sp³-hybridized carbons (Fsp3) is 0.571. The first-order valence-electron chi connectivity index (χ1n) is 6.02. The second-order valence-corrected chi connectivity index (χ2v) is 5.30. The molecule has 0 unspecified atom stereocenters. The molecule has 0 aliphatic rings. The number of anilines is 1. The predicted molar refractivity (Wildman–Crippen MR) is 74.0 cm³/mol. The van der Waals surface area contributed by atoms with Crippen molar-refractivity contribution in [3.05, 3.63) is 24.3 Å². The lowest BCUT2D eigenvalue weighted by atomic mass is 10.1. The Bertz CT molecular complexity index is 344. The molecule has 0 bridgehead atoms. The zero-order valence-corrected chi connectivity index (χ0v) is 11.6. The van der Waals surface area contributed by atoms with Crippen LogP contribution in [0.15, 0.2) is 24.3 Å². The monoisotopic (exact) mass is 236 g/mol. The topological polar surface area (TPSA) is 24.5 Å². The molecule has 0 heterocycles. The first-order chi connectivity index (χ1) is 7.92. The van der Waals surface area contributed by atoms with E-state index >= 15 is 0 Å². The molecule has 17 heavy (non-hydrogen) atoms. The van der Waals surface area contributed by atoms with Crippen molar-refractivity contribution < 1.29 is 4.74 Å². The van der Waals surface area contributed by atoms with Crippen molar-refractivity contribution in [2.75, 3.05) is 32.1 Å². The molecule has 0 spiro atoms. The summed E-state index contributed by atoms with van der Waals surface area (Å²) in [5.74, 6) is 0.901. The van der Waals surface area contributed by atoms with Gasteiger partial charge in [-0.2, -0.15) is 0 Å². The molecule has 0 saturated heterocycles. The van der Waals surface area contributed by atoms with Gasteiger partial charge in [0.2, 0.25) is 0 Å². The standard InChI is InChI=1S/C14H24N2O/c1-14(2,3)15-9-10-16(4)12-7-6-8-13(11-12)17-5/h6-8,11,15H,9-10H2,1-5H3. The maximum absolute atomic E-state index is 5.22. The molecule has 3 heteroatoms. The van der Waals surface area contributed by atoms with E-state index in [0.29, 0.717) is 0 Å². The quantitative estimate of drug-likeness (QED) is 0.850. The number of ether oxygens (including phenoxy) is 1. The molecular formula is C14H24N2O. The van der Waals surface area contributed by atoms with Crippen molar-refractivity contribution in [1.29, 1.82) is 0 Å². The van der Waals surface area contributed by atoms with E-state index in [1.54, 1.807) is 7.11 Å². The third-order valence-corrected chi connectivity index (χ3v) is 2.60. The van der Waals surface area contributed by atoms with E-state index < -0.39 is 0 Å². The van der Waals surface area contributed by atoms with Crippen molar-refractivity contribution in [1.82, 2.24) is 5.32 Å². The van der Waals surface area contributed by atoms with Crippen molar-refractivity contribution >= 4 is 5.69 Å². The van der Waals surface area contributed by atoms with Gasteiger partial charge in [0.25, 0.3) is 0 Å². The van der Waals surface area contributed by atoms with Gasteiger partial charge < -0.3 is 15.0 Å². The van der Waals surface area contributed by atoms with E-state index in [1.807, 2.05) is 12.1 Å². The zero-order chi connectivity index (χ0) is 12.9. The minimum atomic E-state index is 0.176. The highest BCUT2D eigenvalue weighted by molar-refractivity contribution is 5.50. The highest BCUT2D eigenvalue weighted by Crippen LogP contribution is 2.19. The van der Waals surface area contributed by atoms with E-state index in [-0.39, 0.29) is 5.54 Å². The Hall–Kier alpha value is -1.22. The molecule has 1 aromatic rings. The third kappa shape index (κ3) is 5.09. The second-order valence-electron chi connectivity index (χ2n) is 5.30. The predicted octanol–water partition coefficient (Wildman–Crippen LogP) is 2.52. The summed E-state index contributed by atoms with van der Waals surface area (Å²) in [6.45, 7) is 8.48. The van der Waals surface area contributed by atoms with Crippen LogP contribution in [0.1, 0.15) is 20.8 Å². The van der Waals surface area contributed by atoms with Crippen LogP contribution in [0.2, 0.25) is 0 Å². The smallest absolute Gasteiger partial charge is 0.120 e. The molecule has 0 aliphatic carbocycles. The molecule has 0 fully saturated rings. The number of methoxy groups -OCH3 is 1. The minimum Gasteiger partial charge on any atom is -0.497 e. The number of rotatable bonds is 5. The number of hydrogen-bond donors (Lipinski definition) is 1. The van der Waals surface area contributed by atoms with Gasteiger partial charge in [-0.25, -0.2) is 0 Å². The van der Waals surface area contributed by atoms with Crippen LogP contribution in [-0.4, -0.2) is 32.8 Å². The number of hydrogen-bond acceptors (Lipinski definition) is 3. The average molecular weight is 236 g/mol. The summed E-state index contributed by atoms with van der Waals surface area (Å²) < 4.78 is 5.22. The molecular weight excluding hydrogens is 212 g/mol. The normalized spacial score (nSPS) is 11.4. The number of likely N-dealkylation sites (N-methyl/N-ethyl adjacent to an activating group) is 1. The van der Waals surface area contributed by atoms with E-state index in [9.17, 15) is 0 Å². The lowest BCUT2D eigenvalue weighted by Gasteiger charge is -2.25. The van der Waals surface area contributed by atoms with Crippen LogP contribution in [0, 0.1) is 0 Å². The lowest BCUT2D eigenvalue weighted by molar-refractivity contribution is 0.414. The van der Waals surface area contributed by atoms with E-state index in [2.05, 4.69) is 50.2 Å². The summed E-state index contributed by atoms with van der Waals surface area (Å²) in [4.78, 5) is 2.22. The molecule has 0 saturated carbocycles. The molecule has 0 aliphatic heterocycles. The number of nitrogens with zero attached hydrogens (tertiary/aromatic N) is 1. The van der Waals surface area contributed by atoms with Gasteiger partial charge >= 0.3 is 0 Å². The highest BCUT2D eigenvalue weighted by atomic mass is 16.5. The molecule has 0 atom stereocenters. The van der Waals surface area contributed by atoms with Gasteiger partial charge in [0.05, 0.1) is 7.11 Å². The van der Waals surface area contributed by atoms with Crippen LogP contribution in [0.25, 0.3) is 0 Å². The van der Waals surface area contributed by atoms with Crippen molar-refractivity contribution in [2.45, 2.75) is 26.3 Å². The first kappa shape index (κ1) is 13.8. The van der Waals surface area contributed by atoms with Gasteiger partial charge in [-0.05, 0) is 32.9 Å². The van der Waals surface area contributed by atoms with E-state index in [1.165, 1.54) is 5.69 Å². The van der Waals surface area contributed by atoms with Crippen LogP contribution < -0.4 is 15.0 Å². The molecule has 1 N–H and O–H groups in total. The Morgan fingerprint density at radius 1 is 1.29 bits per heavy atom. The Kier molecular flexibility index (Phi) is 4.82. The van der Waals surface area contributed by atoms with Crippen molar-refractivity contribution in [3.63, 3.8) is 0 Å². The highest BCUT2D eigenvalue weighted by Gasteiger charge is 2.08. The van der Waals surface area contributed by atoms with E-state index in [0.717, 1.165) is 18.8 Å². The van der Waals surface area contributed by atoms with Gasteiger partial charge in [-0.3, -0.25) is 0 Å². The summed E-state index contributed by atoms with van der Waals surface area (Å²) in [7, 11) is 3.79. The molecule has 0 aromatic heterocycles. The lowest BCUT2D eigenvalue weighted by Crippen LogP contribution is -2.40. The fourth-order valence-corrected chi connectivity index (χ4v) is 1.58. The second kappa shape index (κ2) is 5.92. The molecule has 1 rings (SSSR count). The Balaban J connectivity index is 2.49. The molecule has 3 nitrogen and oxygen atoms in total. The number of nitrogens with one attached hydrogen (secondary N) is 1. The summed E-state index contributed by atoms with van der Waals surface area (Å²) in [5, 5.41) is 3.48. The molecule has 0 radical (unpaired) electrons. The SMILES string of the molecule is COc1cccc(N(C)CCNC(C)(C)C)c1. The maximum Gasteiger partial charge on any atom is 0.120 e. The first-order valence-corrected chi connectivity index (χ1v) is 6.02. The molecule has 96 valence electrons. The Morgan fingerprint density at radius 2 is 2.00 bits per heavy atom. The van der Waals surface area contributed by atoms with Gasteiger partial charge in [-0.15, -0.1) is 0 Å². The fourth-order valence-electron chi connectivity index (χ4n) is 1.58. The van der Waals surface area contributed by atoms with Crippen LogP contribution >= 0.6 is 0 Å². The zero-order valence-electron chi connectivity index (χ0n) is 11.6. The van der Waals surface area contributed by atoms with Crippen molar-refractivity contribution in [2.24, 2.45) is 0 Å². The van der Waals surface area contributed by atoms with Gasteiger partial charge in [0.1, 0.15) is 5.75 Å². The van der Waals surface area contributed by atoms with Gasteiger partial charge in [0, 0.05) is 37.4 Å². The van der Waals surface area contributed by atoms with Gasteiger partial charge in [-0.1, -0.05) is 6.07 Å². The van der Waals surface area contributed by atoms with Crippen molar-refractivity contribution in [3.8, 4) is 5.75 Å². The maximum atomic E-state index is 5.22. The van der Waals surface area contributed by atoms with Crippen LogP contribution in [-0.2, 0) is 0 Å². The van der Waals surface area contributed by atoms with Crippen LogP contribution in [0.5, 0.6) is 5.75 Å². The molecule has 1 aromatic carbocycles. The minimum absolute atomic E-state index is 0.176. The summed E-state index contributed by atoms with van der Waals surface area (Å²) in [6, 6.07) is 8.13. The number of benzene rings is 1. The van der Waals surface area contributed by atoms with Gasteiger partial charge in [0.15, 0.2) is 0 Å². The van der Waals surface area contributed by atoms with E-state index in [4.69, 9.17) is 4.74 Å². The van der Waals surface area contributed by atoms with Crippen LogP contribution in [0.4, 0.5) is 5.69 Å². The third-order valence-electron chi connectivity index (χ3n) is 2.60. The Labute approximate surface area is 105 Å². The average Bonchev–Trinajstić information content (AvgIpc) is 2.27. The largest absolute Gasteiger partial charge is 0.497 e. The summed E-state index contributed by atoms with van der Waals surface area (Å²) in [5.41, 5.74) is 1.36. The summed E-state index contributed by atoms with van der Waals surface area (Å²) in [6.07, 6.45) is 0. The molecule has 0 amide bonds.